The van der Waals surface area contributed by atoms with Crippen molar-refractivity contribution < 1.29 is 4.79 Å². The van der Waals surface area contributed by atoms with Crippen LogP contribution in [0.3, 0.4) is 0 Å². The van der Waals surface area contributed by atoms with Crippen LogP contribution in [-0.4, -0.2) is 42.2 Å². The van der Waals surface area contributed by atoms with Gasteiger partial charge in [0, 0.05) is 31.9 Å². The number of carbonyl (C=O) groups excluding carboxylic acids is 1. The molecule has 4 rings (SSSR count). The number of nitrogens with zero attached hydrogens (tertiary/aromatic N) is 3. The molecule has 5 heteroatoms. The number of carbonyl (C=O) groups is 1. The van der Waals surface area contributed by atoms with Crippen LogP contribution in [0.5, 0.6) is 0 Å². The van der Waals surface area contributed by atoms with Gasteiger partial charge in [0.05, 0.1) is 4.91 Å². The van der Waals surface area contributed by atoms with Crippen molar-refractivity contribution in [3.63, 3.8) is 0 Å². The lowest BCUT2D eigenvalue weighted by Crippen LogP contribution is -2.47. The number of amides is 1. The highest BCUT2D eigenvalue weighted by Crippen LogP contribution is 2.31. The Kier molecular flexibility index (Phi) is 5.74. The number of aliphatic imine (C=N–C) groups is 1. The van der Waals surface area contributed by atoms with Crippen molar-refractivity contribution in [1.82, 2.24) is 4.90 Å². The second kappa shape index (κ2) is 8.31. The number of anilines is 1. The van der Waals surface area contributed by atoms with Crippen LogP contribution in [0.15, 0.2) is 58.4 Å². The van der Waals surface area contributed by atoms with Crippen molar-refractivity contribution in [2.24, 2.45) is 4.99 Å². The Morgan fingerprint density at radius 3 is 2.10 bits per heavy atom. The molecule has 0 radical (unpaired) electrons. The molecule has 2 aliphatic heterocycles. The van der Waals surface area contributed by atoms with E-state index in [1.54, 1.807) is 0 Å². The van der Waals surface area contributed by atoms with E-state index in [1.165, 1.54) is 28.6 Å². The summed E-state index contributed by atoms with van der Waals surface area (Å²) < 4.78 is 0. The lowest BCUT2D eigenvalue weighted by atomic mass is 9.87. The van der Waals surface area contributed by atoms with E-state index < -0.39 is 0 Å². The topological polar surface area (TPSA) is 35.9 Å². The summed E-state index contributed by atoms with van der Waals surface area (Å²) in [6, 6.07) is 17.1. The van der Waals surface area contributed by atoms with E-state index in [0.29, 0.717) is 4.91 Å². The number of aryl methyl sites for hydroxylation is 1. The number of benzene rings is 2. The molecule has 0 bridgehead atoms. The number of hydrogen-bond donors (Lipinski definition) is 0. The molecule has 0 saturated carbocycles. The molecule has 0 aliphatic carbocycles. The van der Waals surface area contributed by atoms with Crippen molar-refractivity contribution in [1.29, 1.82) is 0 Å². The van der Waals surface area contributed by atoms with Crippen molar-refractivity contribution in [3.05, 3.63) is 70.1 Å². The van der Waals surface area contributed by atoms with Gasteiger partial charge in [-0.15, -0.1) is 0 Å². The van der Waals surface area contributed by atoms with Gasteiger partial charge in [0.15, 0.2) is 5.17 Å². The standard InChI is InChI=1S/C25H29N3OS/c1-18-5-11-21(12-6-18)27-13-15-28(16-14-27)24-26-23(29)22(30-24)17-19-7-9-20(10-8-19)25(2,3)4/h5-12,17H,13-16H2,1-4H3/b22-17-. The van der Waals surface area contributed by atoms with E-state index in [0.717, 1.165) is 36.9 Å². The summed E-state index contributed by atoms with van der Waals surface area (Å²) in [6.45, 7) is 12.3. The van der Waals surface area contributed by atoms with Crippen molar-refractivity contribution in [3.8, 4) is 0 Å². The summed E-state index contributed by atoms with van der Waals surface area (Å²) >= 11 is 1.50. The van der Waals surface area contributed by atoms with Crippen LogP contribution < -0.4 is 4.90 Å². The molecule has 4 nitrogen and oxygen atoms in total. The maximum atomic E-state index is 12.5. The summed E-state index contributed by atoms with van der Waals surface area (Å²) in [5, 5.41) is 0.834. The number of rotatable bonds is 2. The minimum absolute atomic E-state index is 0.126. The third-order valence-corrected chi connectivity index (χ3v) is 6.68. The van der Waals surface area contributed by atoms with Crippen LogP contribution in [0.4, 0.5) is 5.69 Å². The third-order valence-electron chi connectivity index (χ3n) is 5.63. The SMILES string of the molecule is Cc1ccc(N2CCN(C3=NC(=O)/C(=C/c4ccc(C(C)(C)C)cc4)S3)CC2)cc1. The second-order valence-corrected chi connectivity index (χ2v) is 10.0. The first kappa shape index (κ1) is 20.7. The van der Waals surface area contributed by atoms with Crippen LogP contribution in [0, 0.1) is 6.92 Å². The van der Waals surface area contributed by atoms with Gasteiger partial charge in [-0.1, -0.05) is 62.7 Å². The molecule has 1 fully saturated rings. The number of hydrogen-bond acceptors (Lipinski definition) is 4. The summed E-state index contributed by atoms with van der Waals surface area (Å²) in [6.07, 6.45) is 1.96. The lowest BCUT2D eigenvalue weighted by molar-refractivity contribution is -0.113. The molecule has 156 valence electrons. The van der Waals surface area contributed by atoms with Crippen LogP contribution >= 0.6 is 11.8 Å². The van der Waals surface area contributed by atoms with E-state index in [4.69, 9.17) is 0 Å². The highest BCUT2D eigenvalue weighted by Gasteiger charge is 2.28. The fourth-order valence-corrected chi connectivity index (χ4v) is 4.64. The van der Waals surface area contributed by atoms with Gasteiger partial charge in [-0.3, -0.25) is 4.79 Å². The minimum atomic E-state index is -0.129. The van der Waals surface area contributed by atoms with Gasteiger partial charge in [0.2, 0.25) is 0 Å². The van der Waals surface area contributed by atoms with Gasteiger partial charge in [-0.2, -0.15) is 4.99 Å². The van der Waals surface area contributed by atoms with E-state index in [9.17, 15) is 4.79 Å². The molecule has 0 atom stereocenters. The zero-order chi connectivity index (χ0) is 21.3. The summed E-state index contributed by atoms with van der Waals surface area (Å²) in [5.74, 6) is -0.129. The minimum Gasteiger partial charge on any atom is -0.368 e. The highest BCUT2D eigenvalue weighted by atomic mass is 32.2. The molecule has 2 aromatic rings. The molecule has 2 aromatic carbocycles. The third kappa shape index (κ3) is 4.62. The number of amidine groups is 1. The average molecular weight is 420 g/mol. The van der Waals surface area contributed by atoms with Crippen molar-refractivity contribution in [2.45, 2.75) is 33.1 Å². The maximum absolute atomic E-state index is 12.5. The van der Waals surface area contributed by atoms with Gasteiger partial charge in [0.25, 0.3) is 5.91 Å². The van der Waals surface area contributed by atoms with Gasteiger partial charge >= 0.3 is 0 Å². The predicted octanol–water partition coefficient (Wildman–Crippen LogP) is 5.09. The molecule has 2 heterocycles. The Balaban J connectivity index is 1.38. The first-order valence-electron chi connectivity index (χ1n) is 10.5. The van der Waals surface area contributed by atoms with Gasteiger partial charge in [-0.05, 0) is 53.4 Å². The molecule has 1 saturated heterocycles. The quantitative estimate of drug-likeness (QED) is 0.636. The van der Waals surface area contributed by atoms with Crippen molar-refractivity contribution in [2.75, 3.05) is 31.1 Å². The molecule has 1 amide bonds. The summed E-state index contributed by atoms with van der Waals surface area (Å²) in [4.78, 5) is 22.1. The predicted molar refractivity (Wildman–Crippen MR) is 128 cm³/mol. The molecule has 30 heavy (non-hydrogen) atoms. The summed E-state index contributed by atoms with van der Waals surface area (Å²) in [7, 11) is 0. The Bertz CT molecular complexity index is 977. The highest BCUT2D eigenvalue weighted by molar-refractivity contribution is 8.18. The fourth-order valence-electron chi connectivity index (χ4n) is 3.68. The van der Waals surface area contributed by atoms with Gasteiger partial charge < -0.3 is 9.80 Å². The van der Waals surface area contributed by atoms with E-state index in [-0.39, 0.29) is 11.3 Å². The Morgan fingerprint density at radius 2 is 1.50 bits per heavy atom. The Hall–Kier alpha value is -2.53. The van der Waals surface area contributed by atoms with Crippen LogP contribution in [-0.2, 0) is 10.2 Å². The molecule has 0 spiro atoms. The average Bonchev–Trinajstić information content (AvgIpc) is 3.09. The zero-order valence-corrected chi connectivity index (χ0v) is 19.0. The van der Waals surface area contributed by atoms with Gasteiger partial charge in [-0.25, -0.2) is 0 Å². The number of piperazine rings is 1. The fraction of sp³-hybridized carbons (Fsp3) is 0.360. The van der Waals surface area contributed by atoms with Gasteiger partial charge in [0.1, 0.15) is 0 Å². The van der Waals surface area contributed by atoms with Crippen LogP contribution in [0.2, 0.25) is 0 Å². The largest absolute Gasteiger partial charge is 0.368 e. The zero-order valence-electron chi connectivity index (χ0n) is 18.2. The Labute approximate surface area is 183 Å². The normalized spacial score (nSPS) is 18.9. The molecule has 0 unspecified atom stereocenters. The van der Waals surface area contributed by atoms with E-state index >= 15 is 0 Å². The van der Waals surface area contributed by atoms with E-state index in [2.05, 4.69) is 91.0 Å². The lowest BCUT2D eigenvalue weighted by Gasteiger charge is -2.36. The first-order chi connectivity index (χ1) is 14.3. The monoisotopic (exact) mass is 419 g/mol. The molecule has 0 aromatic heterocycles. The molecular weight excluding hydrogens is 390 g/mol. The summed E-state index contributed by atoms with van der Waals surface area (Å²) in [5.41, 5.74) is 5.00. The second-order valence-electron chi connectivity index (χ2n) is 8.99. The smallest absolute Gasteiger partial charge is 0.286 e. The first-order valence-corrected chi connectivity index (χ1v) is 11.3. The number of thioether (sulfide) groups is 1. The maximum Gasteiger partial charge on any atom is 0.286 e. The van der Waals surface area contributed by atoms with Crippen LogP contribution in [0.25, 0.3) is 6.08 Å². The Morgan fingerprint density at radius 1 is 0.900 bits per heavy atom. The molecule has 2 aliphatic rings. The van der Waals surface area contributed by atoms with Crippen LogP contribution in [0.1, 0.15) is 37.5 Å². The molecular formula is C25H29N3OS. The van der Waals surface area contributed by atoms with Crippen molar-refractivity contribution >= 4 is 34.6 Å². The molecule has 0 N–H and O–H groups in total. The van der Waals surface area contributed by atoms with E-state index in [1.807, 2.05) is 6.08 Å².